The molecule has 0 bridgehead atoms. The van der Waals surface area contributed by atoms with E-state index in [1.54, 1.807) is 0 Å². The van der Waals surface area contributed by atoms with Gasteiger partial charge in [-0.25, -0.2) is 0 Å². The van der Waals surface area contributed by atoms with Crippen LogP contribution in [0.3, 0.4) is 0 Å². The second-order valence-corrected chi connectivity index (χ2v) is 3.74. The molecule has 0 aliphatic heterocycles. The molecular weight excluding hydrogens is 250 g/mol. The molecule has 0 nitrogen and oxygen atoms in total. The largest absolute Gasteiger partial charge is 0.147 e. The maximum absolute atomic E-state index is 2.32. The van der Waals surface area contributed by atoms with E-state index in [-0.39, 0.29) is 37.2 Å². The molecule has 0 saturated heterocycles. The Kier molecular flexibility index (Phi) is 13.5. The summed E-state index contributed by atoms with van der Waals surface area (Å²) >= 11 is 2.19. The van der Waals surface area contributed by atoms with Crippen LogP contribution in [0.4, 0.5) is 0 Å². The van der Waals surface area contributed by atoms with Crippen LogP contribution in [-0.2, 0) is 20.4 Å². The van der Waals surface area contributed by atoms with Crippen molar-refractivity contribution in [1.29, 1.82) is 0 Å². The smallest absolute Gasteiger partial charge is 0.147 e. The van der Waals surface area contributed by atoms with Crippen LogP contribution >= 0.6 is 37.2 Å². The van der Waals surface area contributed by atoms with Crippen LogP contribution < -0.4 is 0 Å². The predicted molar refractivity (Wildman–Crippen MR) is 57.4 cm³/mol. The Labute approximate surface area is 105 Å². The van der Waals surface area contributed by atoms with Crippen molar-refractivity contribution in [3.05, 3.63) is 21.6 Å². The first-order valence-electron chi connectivity index (χ1n) is 3.32. The van der Waals surface area contributed by atoms with Gasteiger partial charge in [-0.2, -0.15) is 0 Å². The molecule has 0 spiro atoms. The fraction of sp³-hybridized carbons (Fsp3) is 0.500. The summed E-state index contributed by atoms with van der Waals surface area (Å²) in [4.78, 5) is 0. The van der Waals surface area contributed by atoms with E-state index in [9.17, 15) is 0 Å². The van der Waals surface area contributed by atoms with Gasteiger partial charge in [0.05, 0.1) is 0 Å². The molecule has 0 unspecified atom stereocenters. The van der Waals surface area contributed by atoms with Gasteiger partial charge < -0.3 is 0 Å². The zero-order valence-electron chi connectivity index (χ0n) is 7.16. The van der Waals surface area contributed by atoms with E-state index in [1.165, 1.54) is 15.9 Å². The Morgan fingerprint density at radius 1 is 1.25 bits per heavy atom. The zero-order chi connectivity index (χ0) is 6.85. The normalized spacial score (nSPS) is 13.5. The van der Waals surface area contributed by atoms with Crippen LogP contribution in [0.5, 0.6) is 0 Å². The Morgan fingerprint density at radius 2 is 1.75 bits per heavy atom. The maximum atomic E-state index is 2.32. The van der Waals surface area contributed by atoms with E-state index >= 15 is 0 Å². The Morgan fingerprint density at radius 3 is 1.92 bits per heavy atom. The molecule has 0 N–H and O–H groups in total. The molecule has 1 aliphatic carbocycles. The molecule has 1 rings (SSSR count). The topological polar surface area (TPSA) is 0 Å². The van der Waals surface area contributed by atoms with Gasteiger partial charge in [0.1, 0.15) is 0 Å². The average Bonchev–Trinajstić information content (AvgIpc) is 2.14. The van der Waals surface area contributed by atoms with Crippen molar-refractivity contribution in [1.82, 2.24) is 0 Å². The fourth-order valence-electron chi connectivity index (χ4n) is 0.949. The van der Waals surface area contributed by atoms with Crippen LogP contribution in [0, 0.1) is 5.92 Å². The molecule has 0 atom stereocenters. The minimum atomic E-state index is 0. The minimum Gasteiger partial charge on any atom is -0.147 e. The molecule has 4 heteroatoms. The summed E-state index contributed by atoms with van der Waals surface area (Å²) in [7, 11) is 0. The van der Waals surface area contributed by atoms with E-state index < -0.39 is 0 Å². The monoisotopic (exact) mass is 263 g/mol. The molecule has 0 saturated carbocycles. The van der Waals surface area contributed by atoms with Crippen molar-refractivity contribution in [2.45, 2.75) is 20.3 Å². The summed E-state index contributed by atoms with van der Waals surface area (Å²) in [5.41, 5.74) is 1.51. The number of rotatable bonds is 1. The minimum absolute atomic E-state index is 0. The molecule has 0 amide bonds. The van der Waals surface area contributed by atoms with Gasteiger partial charge in [-0.3, -0.25) is 0 Å². The third kappa shape index (κ3) is 5.67. The third-order valence-corrected chi connectivity index (χ3v) is 2.11. The van der Waals surface area contributed by atoms with Crippen molar-refractivity contribution in [3.63, 3.8) is 0 Å². The van der Waals surface area contributed by atoms with Gasteiger partial charge >= 0.3 is 68.2 Å². The first-order chi connectivity index (χ1) is 4.20. The number of allylic oxidation sites excluding steroid dienone is 4. The number of hydrogen-bond acceptors (Lipinski definition) is 0. The molecular formula is C8H14Cl3Ti. The van der Waals surface area contributed by atoms with E-state index in [0.29, 0.717) is 5.92 Å². The number of hydrogen-bond donors (Lipinski definition) is 0. The zero-order valence-corrected chi connectivity index (χ0v) is 11.2. The van der Waals surface area contributed by atoms with Crippen molar-refractivity contribution in [2.24, 2.45) is 5.92 Å². The van der Waals surface area contributed by atoms with E-state index in [2.05, 4.69) is 46.4 Å². The van der Waals surface area contributed by atoms with Crippen LogP contribution in [0.2, 0.25) is 0 Å². The average molecular weight is 264 g/mol. The first kappa shape index (κ1) is 18.8. The molecule has 0 aromatic rings. The quantitative estimate of drug-likeness (QED) is 0.634. The fourth-order valence-corrected chi connectivity index (χ4v) is 1.37. The summed E-state index contributed by atoms with van der Waals surface area (Å²) < 4.78 is 1.50. The van der Waals surface area contributed by atoms with E-state index in [0.717, 1.165) is 0 Å². The second kappa shape index (κ2) is 8.65. The summed E-state index contributed by atoms with van der Waals surface area (Å²) in [6, 6.07) is 0. The maximum Gasteiger partial charge on any atom is -0.147 e. The van der Waals surface area contributed by atoms with Crippen LogP contribution in [0.15, 0.2) is 21.6 Å². The summed E-state index contributed by atoms with van der Waals surface area (Å²) in [5, 5.41) is 0. The Hall–Kier alpha value is 1.06. The molecule has 0 fully saturated rings. The number of halogens is 3. The Balaban J connectivity index is -0.000000270. The SMILES string of the molecule is CC(C)C1=CC[C]([Ti])=C1.Cl.Cl.Cl. The molecule has 0 aromatic carbocycles. The van der Waals surface area contributed by atoms with E-state index in [4.69, 9.17) is 0 Å². The third-order valence-electron chi connectivity index (χ3n) is 1.57. The van der Waals surface area contributed by atoms with Gasteiger partial charge in [0.2, 0.25) is 0 Å². The van der Waals surface area contributed by atoms with Crippen LogP contribution in [0.1, 0.15) is 20.3 Å². The van der Waals surface area contributed by atoms with Crippen LogP contribution in [0.25, 0.3) is 0 Å². The molecule has 12 heavy (non-hydrogen) atoms. The van der Waals surface area contributed by atoms with E-state index in [1.807, 2.05) is 0 Å². The van der Waals surface area contributed by atoms with Crippen molar-refractivity contribution in [2.75, 3.05) is 0 Å². The standard InChI is InChI=1S/C8H11.3ClH.Ti/c1-7(2)8-5-3-4-6-8;;;;/h5-7H,3H2,1-2H3;3*1H;. The van der Waals surface area contributed by atoms with Gasteiger partial charge in [-0.15, -0.1) is 37.2 Å². The molecule has 0 heterocycles. The van der Waals surface area contributed by atoms with Gasteiger partial charge in [0, 0.05) is 0 Å². The summed E-state index contributed by atoms with van der Waals surface area (Å²) in [6.07, 6.45) is 5.79. The Bertz CT molecular complexity index is 173. The van der Waals surface area contributed by atoms with Crippen molar-refractivity contribution >= 4 is 37.2 Å². The molecule has 0 radical (unpaired) electrons. The van der Waals surface area contributed by atoms with Gasteiger partial charge in [-0.1, -0.05) is 0 Å². The molecule has 71 valence electrons. The summed E-state index contributed by atoms with van der Waals surface area (Å²) in [5.74, 6) is 0.711. The van der Waals surface area contributed by atoms with Gasteiger partial charge in [0.15, 0.2) is 0 Å². The molecule has 0 aromatic heterocycles. The van der Waals surface area contributed by atoms with Crippen LogP contribution in [-0.4, -0.2) is 0 Å². The first-order valence-corrected chi connectivity index (χ1v) is 4.10. The predicted octanol–water partition coefficient (Wildman–Crippen LogP) is 3.67. The van der Waals surface area contributed by atoms with Gasteiger partial charge in [-0.05, 0) is 0 Å². The van der Waals surface area contributed by atoms with Crippen molar-refractivity contribution < 1.29 is 20.4 Å². The molecule has 1 aliphatic rings. The summed E-state index contributed by atoms with van der Waals surface area (Å²) in [6.45, 7) is 4.47. The second-order valence-electron chi connectivity index (χ2n) is 2.73. The van der Waals surface area contributed by atoms with Gasteiger partial charge in [0.25, 0.3) is 0 Å². The van der Waals surface area contributed by atoms with Crippen molar-refractivity contribution in [3.8, 4) is 0 Å².